The summed E-state index contributed by atoms with van der Waals surface area (Å²) in [5.74, 6) is 0.350. The molecule has 0 bridgehead atoms. The molecule has 1 fully saturated rings. The van der Waals surface area contributed by atoms with Gasteiger partial charge in [-0.3, -0.25) is 9.59 Å². The number of aromatic nitrogens is 2. The Kier molecular flexibility index (Phi) is 4.82. The van der Waals surface area contributed by atoms with Gasteiger partial charge in [-0.25, -0.2) is 4.98 Å². The van der Waals surface area contributed by atoms with Gasteiger partial charge in [0.2, 0.25) is 5.75 Å². The second-order valence-corrected chi connectivity index (χ2v) is 5.51. The van der Waals surface area contributed by atoms with E-state index in [2.05, 4.69) is 9.97 Å². The lowest BCUT2D eigenvalue weighted by atomic mass is 9.84. The number of carboxylic acid groups (broad SMARTS) is 1. The minimum atomic E-state index is -0.772. The lowest BCUT2D eigenvalue weighted by molar-refractivity contribution is -0.138. The molecule has 1 aliphatic heterocycles. The van der Waals surface area contributed by atoms with E-state index in [1.165, 1.54) is 13.4 Å². The number of methoxy groups -OCH3 is 1. The highest BCUT2D eigenvalue weighted by Crippen LogP contribution is 2.30. The molecular formula is C14H21N3O4. The van der Waals surface area contributed by atoms with Crippen LogP contribution in [0.5, 0.6) is 5.75 Å². The highest BCUT2D eigenvalue weighted by Gasteiger charge is 2.28. The van der Waals surface area contributed by atoms with E-state index in [0.717, 1.165) is 19.4 Å². The van der Waals surface area contributed by atoms with Crippen molar-refractivity contribution in [2.24, 2.45) is 11.8 Å². The van der Waals surface area contributed by atoms with Gasteiger partial charge in [0.05, 0.1) is 13.4 Å². The molecule has 21 heavy (non-hydrogen) atoms. The Hall–Kier alpha value is -2.05. The van der Waals surface area contributed by atoms with Crippen LogP contribution in [0.25, 0.3) is 0 Å². The predicted molar refractivity (Wildman–Crippen MR) is 77.8 cm³/mol. The Labute approximate surface area is 123 Å². The topological polar surface area (TPSA) is 95.5 Å². The van der Waals surface area contributed by atoms with E-state index in [1.54, 1.807) is 0 Å². The number of ether oxygens (including phenoxy) is 1. The van der Waals surface area contributed by atoms with Crippen molar-refractivity contribution in [3.8, 4) is 5.75 Å². The first-order valence-corrected chi connectivity index (χ1v) is 7.11. The Morgan fingerprint density at radius 3 is 3.10 bits per heavy atom. The summed E-state index contributed by atoms with van der Waals surface area (Å²) < 4.78 is 5.15. The number of H-pyrrole nitrogens is 1. The van der Waals surface area contributed by atoms with Crippen LogP contribution in [0.3, 0.4) is 0 Å². The fourth-order valence-corrected chi connectivity index (χ4v) is 2.90. The smallest absolute Gasteiger partial charge is 0.303 e. The van der Waals surface area contributed by atoms with Crippen LogP contribution in [-0.2, 0) is 4.79 Å². The third-order valence-electron chi connectivity index (χ3n) is 4.05. The summed E-state index contributed by atoms with van der Waals surface area (Å²) in [5.41, 5.74) is -0.303. The van der Waals surface area contributed by atoms with Crippen LogP contribution < -0.4 is 15.2 Å². The molecule has 1 saturated heterocycles. The number of anilines is 1. The van der Waals surface area contributed by atoms with Crippen LogP contribution in [0, 0.1) is 11.8 Å². The lowest BCUT2D eigenvalue weighted by Gasteiger charge is -2.36. The molecule has 116 valence electrons. The number of aromatic amines is 1. The number of piperidine rings is 1. The summed E-state index contributed by atoms with van der Waals surface area (Å²) in [4.78, 5) is 31.3. The molecule has 0 saturated carbocycles. The lowest BCUT2D eigenvalue weighted by Crippen LogP contribution is -2.39. The Morgan fingerprint density at radius 1 is 1.67 bits per heavy atom. The number of nitrogens with one attached hydrogen (secondary N) is 1. The van der Waals surface area contributed by atoms with Gasteiger partial charge in [-0.1, -0.05) is 6.92 Å². The molecule has 0 aliphatic carbocycles. The third kappa shape index (κ3) is 3.53. The van der Waals surface area contributed by atoms with Crippen LogP contribution in [0.2, 0.25) is 0 Å². The molecule has 7 heteroatoms. The van der Waals surface area contributed by atoms with Gasteiger partial charge in [0, 0.05) is 19.5 Å². The summed E-state index contributed by atoms with van der Waals surface area (Å²) in [6.07, 6.45) is 3.48. The first-order valence-electron chi connectivity index (χ1n) is 7.11. The highest BCUT2D eigenvalue weighted by molar-refractivity contribution is 5.67. The number of rotatable bonds is 5. The van der Waals surface area contributed by atoms with Crippen molar-refractivity contribution in [2.45, 2.75) is 26.2 Å². The van der Waals surface area contributed by atoms with Crippen LogP contribution in [0.1, 0.15) is 26.2 Å². The summed E-state index contributed by atoms with van der Waals surface area (Å²) in [6.45, 7) is 3.45. The van der Waals surface area contributed by atoms with Gasteiger partial charge < -0.3 is 19.7 Å². The molecule has 0 spiro atoms. The fourth-order valence-electron chi connectivity index (χ4n) is 2.90. The molecule has 2 rings (SSSR count). The minimum Gasteiger partial charge on any atom is -0.489 e. The van der Waals surface area contributed by atoms with Crippen molar-refractivity contribution in [1.82, 2.24) is 9.97 Å². The normalized spacial score (nSPS) is 20.1. The number of carbonyl (C=O) groups is 1. The number of carboxylic acids is 1. The van der Waals surface area contributed by atoms with Gasteiger partial charge in [-0.05, 0) is 24.7 Å². The van der Waals surface area contributed by atoms with Gasteiger partial charge >= 0.3 is 5.97 Å². The largest absolute Gasteiger partial charge is 0.489 e. The van der Waals surface area contributed by atoms with Crippen LogP contribution in [-0.4, -0.2) is 41.2 Å². The van der Waals surface area contributed by atoms with E-state index >= 15 is 0 Å². The summed E-state index contributed by atoms with van der Waals surface area (Å²) in [5, 5.41) is 8.92. The van der Waals surface area contributed by atoms with Crippen LogP contribution >= 0.6 is 0 Å². The van der Waals surface area contributed by atoms with Crippen LogP contribution in [0.4, 0.5) is 5.82 Å². The molecule has 2 N–H and O–H groups in total. The van der Waals surface area contributed by atoms with E-state index in [0.29, 0.717) is 12.4 Å². The van der Waals surface area contributed by atoms with Gasteiger partial charge in [-0.2, -0.15) is 0 Å². The number of nitrogens with zero attached hydrogens (tertiary/aromatic N) is 2. The van der Waals surface area contributed by atoms with E-state index in [-0.39, 0.29) is 29.6 Å². The summed E-state index contributed by atoms with van der Waals surface area (Å²) >= 11 is 0. The maximum Gasteiger partial charge on any atom is 0.303 e. The van der Waals surface area contributed by atoms with Crippen molar-refractivity contribution < 1.29 is 14.6 Å². The number of hydrogen-bond acceptors (Lipinski definition) is 5. The Bertz CT molecular complexity index is 557. The standard InChI is InChI=1S/C14H21N3O4/c1-9(6-11(18)19)10-4-3-5-17(7-10)13-12(21-2)14(20)16-8-15-13/h8-10H,3-7H2,1-2H3,(H,18,19)(H,15,16,20). The van der Waals surface area contributed by atoms with E-state index < -0.39 is 5.97 Å². The first-order chi connectivity index (χ1) is 10.0. The Balaban J connectivity index is 2.16. The summed E-state index contributed by atoms with van der Waals surface area (Å²) in [7, 11) is 1.45. The molecular weight excluding hydrogens is 274 g/mol. The predicted octanol–water partition coefficient (Wildman–Crippen LogP) is 1.11. The van der Waals surface area contributed by atoms with Gasteiger partial charge in [0.25, 0.3) is 5.56 Å². The first kappa shape index (κ1) is 15.3. The van der Waals surface area contributed by atoms with Gasteiger partial charge in [0.1, 0.15) is 0 Å². The van der Waals surface area contributed by atoms with Gasteiger partial charge in [0.15, 0.2) is 5.82 Å². The van der Waals surface area contributed by atoms with Gasteiger partial charge in [-0.15, -0.1) is 0 Å². The fraction of sp³-hybridized carbons (Fsp3) is 0.643. The number of hydrogen-bond donors (Lipinski definition) is 2. The average Bonchev–Trinajstić information content (AvgIpc) is 2.46. The Morgan fingerprint density at radius 2 is 2.43 bits per heavy atom. The molecule has 2 unspecified atom stereocenters. The third-order valence-corrected chi connectivity index (χ3v) is 4.05. The zero-order valence-electron chi connectivity index (χ0n) is 12.3. The number of aliphatic carboxylic acids is 1. The van der Waals surface area contributed by atoms with Crippen molar-refractivity contribution in [2.75, 3.05) is 25.1 Å². The van der Waals surface area contributed by atoms with E-state index in [1.807, 2.05) is 11.8 Å². The zero-order valence-corrected chi connectivity index (χ0v) is 12.3. The molecule has 2 heterocycles. The molecule has 0 amide bonds. The molecule has 1 aliphatic rings. The quantitative estimate of drug-likeness (QED) is 0.844. The van der Waals surface area contributed by atoms with Crippen LogP contribution in [0.15, 0.2) is 11.1 Å². The molecule has 1 aromatic rings. The monoisotopic (exact) mass is 295 g/mol. The SMILES string of the molecule is COc1c(N2CCCC(C(C)CC(=O)O)C2)nc[nH]c1=O. The van der Waals surface area contributed by atoms with E-state index in [9.17, 15) is 9.59 Å². The maximum atomic E-state index is 11.7. The molecule has 2 atom stereocenters. The zero-order chi connectivity index (χ0) is 15.4. The molecule has 1 aromatic heterocycles. The van der Waals surface area contributed by atoms with Crippen molar-refractivity contribution in [1.29, 1.82) is 0 Å². The highest BCUT2D eigenvalue weighted by atomic mass is 16.5. The second-order valence-electron chi connectivity index (χ2n) is 5.51. The molecule has 7 nitrogen and oxygen atoms in total. The van der Waals surface area contributed by atoms with E-state index in [4.69, 9.17) is 9.84 Å². The minimum absolute atomic E-state index is 0.0956. The second kappa shape index (κ2) is 6.60. The molecule has 0 aromatic carbocycles. The van der Waals surface area contributed by atoms with Crippen molar-refractivity contribution in [3.63, 3.8) is 0 Å². The molecule has 0 radical (unpaired) electrons. The van der Waals surface area contributed by atoms with Crippen molar-refractivity contribution >= 4 is 11.8 Å². The summed E-state index contributed by atoms with van der Waals surface area (Å²) in [6, 6.07) is 0. The maximum absolute atomic E-state index is 11.7. The average molecular weight is 295 g/mol. The van der Waals surface area contributed by atoms with Crippen molar-refractivity contribution in [3.05, 3.63) is 16.7 Å².